The first-order chi connectivity index (χ1) is 9.58. The second-order valence-electron chi connectivity index (χ2n) is 5.63. The van der Waals surface area contributed by atoms with E-state index in [1.54, 1.807) is 6.92 Å². The van der Waals surface area contributed by atoms with Gasteiger partial charge >= 0.3 is 5.97 Å². The highest BCUT2D eigenvalue weighted by atomic mass is 16.5. The van der Waals surface area contributed by atoms with Crippen molar-refractivity contribution in [2.75, 3.05) is 20.3 Å². The minimum absolute atomic E-state index is 0.279. The minimum atomic E-state index is -0.596. The van der Waals surface area contributed by atoms with E-state index in [9.17, 15) is 9.90 Å². The lowest BCUT2D eigenvalue weighted by atomic mass is 9.85. The van der Waals surface area contributed by atoms with E-state index in [1.807, 2.05) is 0 Å². The van der Waals surface area contributed by atoms with Crippen molar-refractivity contribution in [3.05, 3.63) is 0 Å². The quantitative estimate of drug-likeness (QED) is 0.662. The third-order valence-electron chi connectivity index (χ3n) is 4.08. The van der Waals surface area contributed by atoms with E-state index in [-0.39, 0.29) is 12.1 Å². The maximum atomic E-state index is 11.2. The molecule has 1 saturated carbocycles. The Balaban J connectivity index is 2.21. The van der Waals surface area contributed by atoms with Gasteiger partial charge in [-0.15, -0.1) is 0 Å². The third kappa shape index (κ3) is 5.77. The van der Waals surface area contributed by atoms with Crippen LogP contribution in [-0.4, -0.2) is 49.6 Å². The van der Waals surface area contributed by atoms with Crippen molar-refractivity contribution in [3.63, 3.8) is 0 Å². The van der Waals surface area contributed by atoms with Gasteiger partial charge in [0.25, 0.3) is 0 Å². The molecular weight excluding hydrogens is 258 g/mol. The molecule has 0 bridgehead atoms. The number of carbonyl (C=O) groups excluding carboxylic acids is 1. The predicted molar refractivity (Wildman–Crippen MR) is 77.5 cm³/mol. The van der Waals surface area contributed by atoms with Crippen LogP contribution in [0, 0.1) is 5.92 Å². The molecule has 20 heavy (non-hydrogen) atoms. The highest BCUT2D eigenvalue weighted by molar-refractivity contribution is 5.75. The van der Waals surface area contributed by atoms with Crippen LogP contribution in [-0.2, 0) is 14.3 Å². The molecule has 1 aliphatic rings. The summed E-state index contributed by atoms with van der Waals surface area (Å²) in [7, 11) is 1.36. The first kappa shape index (κ1) is 17.4. The number of aliphatic hydroxyl groups is 1. The highest BCUT2D eigenvalue weighted by Gasteiger charge is 2.25. The van der Waals surface area contributed by atoms with E-state index in [1.165, 1.54) is 26.4 Å². The molecule has 0 radical (unpaired) electrons. The molecule has 0 spiro atoms. The molecule has 4 atom stereocenters. The SMILES string of the molecule is CCC1CCCCC1OCC(O)CNC(C)C(=O)OC. The standard InChI is InChI=1S/C15H29NO4/c1-4-12-7-5-6-8-14(12)20-10-13(17)9-16-11(2)15(18)19-3/h11-14,16-17H,4-10H2,1-3H3. The van der Waals surface area contributed by atoms with Gasteiger partial charge < -0.3 is 19.9 Å². The molecule has 2 N–H and O–H groups in total. The molecule has 5 nitrogen and oxygen atoms in total. The summed E-state index contributed by atoms with van der Waals surface area (Å²) in [5.74, 6) is 0.300. The Morgan fingerprint density at radius 3 is 2.75 bits per heavy atom. The average Bonchev–Trinajstić information content (AvgIpc) is 2.49. The molecule has 1 rings (SSSR count). The van der Waals surface area contributed by atoms with Gasteiger partial charge in [-0.3, -0.25) is 4.79 Å². The predicted octanol–water partition coefficient (Wildman–Crippen LogP) is 1.48. The number of hydrogen-bond donors (Lipinski definition) is 2. The van der Waals surface area contributed by atoms with Crippen molar-refractivity contribution in [3.8, 4) is 0 Å². The molecule has 1 aliphatic carbocycles. The zero-order valence-corrected chi connectivity index (χ0v) is 12.9. The van der Waals surface area contributed by atoms with Crippen LogP contribution < -0.4 is 5.32 Å². The Morgan fingerprint density at radius 2 is 2.10 bits per heavy atom. The van der Waals surface area contributed by atoms with Gasteiger partial charge in [0.1, 0.15) is 6.04 Å². The summed E-state index contributed by atoms with van der Waals surface area (Å²) in [6, 6.07) is -0.410. The van der Waals surface area contributed by atoms with Crippen LogP contribution in [0.25, 0.3) is 0 Å². The largest absolute Gasteiger partial charge is 0.468 e. The Kier molecular flexibility index (Phi) is 8.11. The summed E-state index contributed by atoms with van der Waals surface area (Å²) in [6.07, 6.45) is 5.65. The Labute approximate surface area is 122 Å². The Morgan fingerprint density at radius 1 is 1.40 bits per heavy atom. The topological polar surface area (TPSA) is 67.8 Å². The molecule has 1 fully saturated rings. The molecule has 5 heteroatoms. The molecule has 0 aromatic heterocycles. The van der Waals surface area contributed by atoms with Crippen molar-refractivity contribution >= 4 is 5.97 Å². The molecule has 0 amide bonds. The Hall–Kier alpha value is -0.650. The van der Waals surface area contributed by atoms with Crippen LogP contribution in [0.1, 0.15) is 46.0 Å². The van der Waals surface area contributed by atoms with E-state index in [4.69, 9.17) is 4.74 Å². The second kappa shape index (κ2) is 9.32. The van der Waals surface area contributed by atoms with E-state index in [0.29, 0.717) is 19.1 Å². The normalized spacial score (nSPS) is 26.0. The fourth-order valence-corrected chi connectivity index (χ4v) is 2.73. The second-order valence-corrected chi connectivity index (χ2v) is 5.63. The number of nitrogens with one attached hydrogen (secondary N) is 1. The Bertz CT molecular complexity index is 285. The van der Waals surface area contributed by atoms with Gasteiger partial charge in [0, 0.05) is 6.54 Å². The fraction of sp³-hybridized carbons (Fsp3) is 0.933. The first-order valence-corrected chi connectivity index (χ1v) is 7.69. The van der Waals surface area contributed by atoms with Crippen molar-refractivity contribution < 1.29 is 19.4 Å². The van der Waals surface area contributed by atoms with Crippen LogP contribution >= 0.6 is 0 Å². The summed E-state index contributed by atoms with van der Waals surface area (Å²) in [5, 5.41) is 12.8. The van der Waals surface area contributed by atoms with Crippen LogP contribution in [0.15, 0.2) is 0 Å². The monoisotopic (exact) mass is 287 g/mol. The van der Waals surface area contributed by atoms with E-state index in [2.05, 4.69) is 17.0 Å². The van der Waals surface area contributed by atoms with Crippen LogP contribution in [0.5, 0.6) is 0 Å². The number of ether oxygens (including phenoxy) is 2. The lowest BCUT2D eigenvalue weighted by Gasteiger charge is -2.31. The van der Waals surface area contributed by atoms with E-state index in [0.717, 1.165) is 12.8 Å². The average molecular weight is 287 g/mol. The van der Waals surface area contributed by atoms with Gasteiger partial charge in [0.05, 0.1) is 25.9 Å². The molecule has 0 saturated heterocycles. The molecule has 0 heterocycles. The number of carbonyl (C=O) groups is 1. The number of rotatable bonds is 8. The number of hydrogen-bond acceptors (Lipinski definition) is 5. The summed E-state index contributed by atoms with van der Waals surface area (Å²) in [4.78, 5) is 11.2. The van der Waals surface area contributed by atoms with Gasteiger partial charge in [0.15, 0.2) is 0 Å². The smallest absolute Gasteiger partial charge is 0.322 e. The zero-order chi connectivity index (χ0) is 15.0. The molecule has 0 aromatic rings. The fourth-order valence-electron chi connectivity index (χ4n) is 2.73. The van der Waals surface area contributed by atoms with Crippen molar-refractivity contribution in [2.24, 2.45) is 5.92 Å². The first-order valence-electron chi connectivity index (χ1n) is 7.69. The molecule has 0 aliphatic heterocycles. The molecule has 118 valence electrons. The van der Waals surface area contributed by atoms with Gasteiger partial charge in [0.2, 0.25) is 0 Å². The van der Waals surface area contributed by atoms with Gasteiger partial charge in [-0.2, -0.15) is 0 Å². The molecule has 0 aromatic carbocycles. The summed E-state index contributed by atoms with van der Waals surface area (Å²) in [5.41, 5.74) is 0. The van der Waals surface area contributed by atoms with Gasteiger partial charge in [-0.05, 0) is 25.7 Å². The number of aliphatic hydroxyl groups excluding tert-OH is 1. The summed E-state index contributed by atoms with van der Waals surface area (Å²) >= 11 is 0. The summed E-state index contributed by atoms with van der Waals surface area (Å²) in [6.45, 7) is 4.57. The van der Waals surface area contributed by atoms with E-state index >= 15 is 0 Å². The van der Waals surface area contributed by atoms with E-state index < -0.39 is 12.1 Å². The lowest BCUT2D eigenvalue weighted by Crippen LogP contribution is -2.41. The number of methoxy groups -OCH3 is 1. The van der Waals surface area contributed by atoms with Crippen molar-refractivity contribution in [2.45, 2.75) is 64.2 Å². The minimum Gasteiger partial charge on any atom is -0.468 e. The highest BCUT2D eigenvalue weighted by Crippen LogP contribution is 2.29. The van der Waals surface area contributed by atoms with Gasteiger partial charge in [-0.25, -0.2) is 0 Å². The molecular formula is C15H29NO4. The van der Waals surface area contributed by atoms with Crippen molar-refractivity contribution in [1.82, 2.24) is 5.32 Å². The molecule has 4 unspecified atom stereocenters. The van der Waals surface area contributed by atoms with Crippen LogP contribution in [0.3, 0.4) is 0 Å². The third-order valence-corrected chi connectivity index (χ3v) is 4.08. The zero-order valence-electron chi connectivity index (χ0n) is 12.9. The van der Waals surface area contributed by atoms with Crippen molar-refractivity contribution in [1.29, 1.82) is 0 Å². The maximum Gasteiger partial charge on any atom is 0.322 e. The van der Waals surface area contributed by atoms with Gasteiger partial charge in [-0.1, -0.05) is 26.2 Å². The van der Waals surface area contributed by atoms with Crippen LogP contribution in [0.2, 0.25) is 0 Å². The maximum absolute atomic E-state index is 11.2. The number of esters is 1. The van der Waals surface area contributed by atoms with Crippen LogP contribution in [0.4, 0.5) is 0 Å². The lowest BCUT2D eigenvalue weighted by molar-refractivity contribution is -0.142. The summed E-state index contributed by atoms with van der Waals surface area (Å²) < 4.78 is 10.5.